The van der Waals surface area contributed by atoms with Crippen LogP contribution in [0, 0.1) is 0 Å². The number of fused-ring (bicyclic) bond motifs is 1. The molecule has 1 aliphatic carbocycles. The molecule has 14 heavy (non-hydrogen) atoms. The minimum absolute atomic E-state index is 0.00487. The second-order valence-electron chi connectivity index (χ2n) is 4.61. The number of halogens is 1. The lowest BCUT2D eigenvalue weighted by atomic mass is 9.99. The van der Waals surface area contributed by atoms with Gasteiger partial charge in [0.1, 0.15) is 6.04 Å². The van der Waals surface area contributed by atoms with E-state index in [4.69, 9.17) is 11.6 Å². The van der Waals surface area contributed by atoms with Crippen LogP contribution in [0.3, 0.4) is 0 Å². The van der Waals surface area contributed by atoms with Crippen molar-refractivity contribution in [2.45, 2.75) is 38.4 Å². The summed E-state index contributed by atoms with van der Waals surface area (Å²) in [6, 6.07) is 0.323. The van der Waals surface area contributed by atoms with Gasteiger partial charge in [-0.1, -0.05) is 22.9 Å². The highest BCUT2D eigenvalue weighted by Crippen LogP contribution is 2.31. The molecule has 2 atom stereocenters. The van der Waals surface area contributed by atoms with Crippen LogP contribution in [-0.2, 0) is 0 Å². The third-order valence-corrected chi connectivity index (χ3v) is 2.64. The first-order chi connectivity index (χ1) is 6.48. The van der Waals surface area contributed by atoms with Gasteiger partial charge in [-0.2, -0.15) is 5.11 Å². The van der Waals surface area contributed by atoms with Gasteiger partial charge < -0.3 is 0 Å². The lowest BCUT2D eigenvalue weighted by molar-refractivity contribution is 0.124. The molecule has 0 fully saturated rings. The van der Waals surface area contributed by atoms with Crippen molar-refractivity contribution in [1.82, 2.24) is 5.01 Å². The smallest absolute Gasteiger partial charge is 0.118 e. The zero-order valence-electron chi connectivity index (χ0n) is 8.61. The lowest BCUT2D eigenvalue weighted by Gasteiger charge is -2.34. The Bertz CT molecular complexity index is 325. The zero-order chi connectivity index (χ0) is 10.3. The summed E-state index contributed by atoms with van der Waals surface area (Å²) in [5.74, 6) is 0. The minimum atomic E-state index is 0.00487. The number of allylic oxidation sites excluding steroid dienone is 2. The van der Waals surface area contributed by atoms with Crippen LogP contribution in [0.25, 0.3) is 0 Å². The van der Waals surface area contributed by atoms with Crippen LogP contribution in [0.4, 0.5) is 0 Å². The highest BCUT2D eigenvalue weighted by atomic mass is 35.5. The molecule has 2 aliphatic rings. The van der Waals surface area contributed by atoms with E-state index < -0.39 is 0 Å². The summed E-state index contributed by atoms with van der Waals surface area (Å²) in [7, 11) is 0. The van der Waals surface area contributed by atoms with E-state index in [2.05, 4.69) is 37.2 Å². The molecule has 0 bridgehead atoms. The average Bonchev–Trinajstić information content (AvgIpc) is 2.45. The first kappa shape index (κ1) is 9.71. The van der Waals surface area contributed by atoms with Crippen molar-refractivity contribution in [1.29, 1.82) is 0 Å². The Morgan fingerprint density at radius 1 is 1.43 bits per heavy atom. The molecule has 0 saturated heterocycles. The Morgan fingerprint density at radius 3 is 2.79 bits per heavy atom. The molecule has 0 saturated carbocycles. The average molecular weight is 212 g/mol. The molecule has 0 N–H and O–H groups in total. The fraction of sp³-hybridized carbons (Fsp3) is 0.600. The molecular formula is C10H14ClN3. The predicted molar refractivity (Wildman–Crippen MR) is 57.1 cm³/mol. The van der Waals surface area contributed by atoms with Crippen LogP contribution in [-0.4, -0.2) is 22.6 Å². The van der Waals surface area contributed by atoms with Crippen molar-refractivity contribution >= 4 is 11.6 Å². The van der Waals surface area contributed by atoms with E-state index in [1.165, 1.54) is 0 Å². The van der Waals surface area contributed by atoms with Crippen molar-refractivity contribution in [3.63, 3.8) is 0 Å². The number of hydrogen-bond donors (Lipinski definition) is 0. The van der Waals surface area contributed by atoms with Crippen molar-refractivity contribution in [2.75, 3.05) is 0 Å². The SMILES string of the molecule is CC(C)(C)N1N=NC2C=C(Cl)C=CC21. The second-order valence-corrected chi connectivity index (χ2v) is 5.05. The molecule has 2 rings (SSSR count). The van der Waals surface area contributed by atoms with Crippen molar-refractivity contribution in [2.24, 2.45) is 10.3 Å². The van der Waals surface area contributed by atoms with Gasteiger partial charge in [0.2, 0.25) is 0 Å². The Morgan fingerprint density at radius 2 is 2.14 bits per heavy atom. The Labute approximate surface area is 89.1 Å². The zero-order valence-corrected chi connectivity index (χ0v) is 9.36. The maximum atomic E-state index is 5.90. The number of rotatable bonds is 0. The van der Waals surface area contributed by atoms with Crippen molar-refractivity contribution in [3.05, 3.63) is 23.3 Å². The van der Waals surface area contributed by atoms with Gasteiger partial charge in [0.25, 0.3) is 0 Å². The first-order valence-corrected chi connectivity index (χ1v) is 5.12. The molecule has 0 aromatic rings. The highest BCUT2D eigenvalue weighted by Gasteiger charge is 2.37. The Hall–Kier alpha value is -0.830. The summed E-state index contributed by atoms with van der Waals surface area (Å²) in [6.07, 6.45) is 5.93. The van der Waals surface area contributed by atoms with E-state index in [0.29, 0.717) is 0 Å². The molecule has 1 aliphatic heterocycles. The fourth-order valence-electron chi connectivity index (χ4n) is 1.71. The molecule has 2 unspecified atom stereocenters. The third-order valence-electron chi connectivity index (χ3n) is 2.38. The van der Waals surface area contributed by atoms with Crippen LogP contribution in [0.2, 0.25) is 0 Å². The summed E-state index contributed by atoms with van der Waals surface area (Å²) in [5.41, 5.74) is 0.00487. The van der Waals surface area contributed by atoms with Gasteiger partial charge in [-0.25, -0.2) is 0 Å². The van der Waals surface area contributed by atoms with Crippen molar-refractivity contribution < 1.29 is 0 Å². The van der Waals surface area contributed by atoms with Gasteiger partial charge in [0.05, 0.1) is 11.6 Å². The predicted octanol–water partition coefficient (Wildman–Crippen LogP) is 2.90. The quantitative estimate of drug-likeness (QED) is 0.606. The minimum Gasteiger partial charge on any atom is -0.264 e. The van der Waals surface area contributed by atoms with E-state index in [1.807, 2.05) is 17.2 Å². The Kier molecular flexibility index (Phi) is 2.14. The van der Waals surface area contributed by atoms with Gasteiger partial charge >= 0.3 is 0 Å². The van der Waals surface area contributed by atoms with Crippen LogP contribution >= 0.6 is 11.6 Å². The molecule has 76 valence electrons. The molecule has 0 amide bonds. The van der Waals surface area contributed by atoms with Gasteiger partial charge in [-0.05, 0) is 32.9 Å². The Balaban J connectivity index is 2.23. The molecule has 0 spiro atoms. The fourth-order valence-corrected chi connectivity index (χ4v) is 1.91. The topological polar surface area (TPSA) is 28.0 Å². The largest absolute Gasteiger partial charge is 0.264 e. The second kappa shape index (κ2) is 3.09. The lowest BCUT2D eigenvalue weighted by Crippen LogP contribution is -2.44. The standard InChI is InChI=1S/C10H14ClN3/c1-10(2,3)14-9-5-4-7(11)6-8(9)12-13-14/h4-6,8-9H,1-3H3. The molecule has 0 aromatic carbocycles. The van der Waals surface area contributed by atoms with E-state index in [-0.39, 0.29) is 17.6 Å². The molecule has 3 nitrogen and oxygen atoms in total. The van der Waals surface area contributed by atoms with Crippen LogP contribution in [0.15, 0.2) is 33.6 Å². The molecule has 0 radical (unpaired) electrons. The van der Waals surface area contributed by atoms with Crippen LogP contribution in [0.1, 0.15) is 20.8 Å². The summed E-state index contributed by atoms with van der Waals surface area (Å²) >= 11 is 5.90. The molecule has 4 heteroatoms. The van der Waals surface area contributed by atoms with Gasteiger partial charge in [-0.15, -0.1) is 0 Å². The normalized spacial score (nSPS) is 30.6. The third kappa shape index (κ3) is 1.57. The molecular weight excluding hydrogens is 198 g/mol. The van der Waals surface area contributed by atoms with Gasteiger partial charge in [0.15, 0.2) is 0 Å². The van der Waals surface area contributed by atoms with Gasteiger partial charge in [-0.3, -0.25) is 5.01 Å². The van der Waals surface area contributed by atoms with Gasteiger partial charge in [0, 0.05) is 5.03 Å². The maximum Gasteiger partial charge on any atom is 0.118 e. The number of nitrogens with zero attached hydrogens (tertiary/aromatic N) is 3. The first-order valence-electron chi connectivity index (χ1n) is 4.74. The van der Waals surface area contributed by atoms with Crippen molar-refractivity contribution in [3.8, 4) is 0 Å². The monoisotopic (exact) mass is 211 g/mol. The summed E-state index contributed by atoms with van der Waals surface area (Å²) < 4.78 is 0. The van der Waals surface area contributed by atoms with E-state index in [9.17, 15) is 0 Å². The van der Waals surface area contributed by atoms with Crippen LogP contribution < -0.4 is 0 Å². The number of hydrogen-bond acceptors (Lipinski definition) is 3. The molecule has 1 heterocycles. The van der Waals surface area contributed by atoms with E-state index >= 15 is 0 Å². The molecule has 0 aromatic heterocycles. The summed E-state index contributed by atoms with van der Waals surface area (Å²) in [6.45, 7) is 6.38. The van der Waals surface area contributed by atoms with Crippen LogP contribution in [0.5, 0.6) is 0 Å². The van der Waals surface area contributed by atoms with E-state index in [1.54, 1.807) is 0 Å². The summed E-state index contributed by atoms with van der Waals surface area (Å²) in [4.78, 5) is 0. The summed E-state index contributed by atoms with van der Waals surface area (Å²) in [5, 5.41) is 11.2. The maximum absolute atomic E-state index is 5.90. The van der Waals surface area contributed by atoms with E-state index in [0.717, 1.165) is 5.03 Å². The highest BCUT2D eigenvalue weighted by molar-refractivity contribution is 6.31.